The molecule has 28 heavy (non-hydrogen) atoms. The first kappa shape index (κ1) is 18.2. The molecule has 0 aliphatic heterocycles. The van der Waals surface area contributed by atoms with Gasteiger partial charge in [-0.2, -0.15) is 0 Å². The molecule has 4 rings (SSSR count). The number of rotatable bonds is 5. The van der Waals surface area contributed by atoms with E-state index in [-0.39, 0.29) is 0 Å². The van der Waals surface area contributed by atoms with Crippen LogP contribution in [0.4, 0.5) is 0 Å². The molecule has 4 aromatic rings. The summed E-state index contributed by atoms with van der Waals surface area (Å²) < 4.78 is 14.3. The van der Waals surface area contributed by atoms with E-state index in [9.17, 15) is 4.57 Å². The zero-order valence-electron chi connectivity index (χ0n) is 15.5. The van der Waals surface area contributed by atoms with E-state index < -0.39 is 7.14 Å². The number of hydrogen-bond acceptors (Lipinski definition) is 1. The Bertz CT molecular complexity index is 1060. The molecule has 4 aromatic carbocycles. The maximum absolute atomic E-state index is 14.3. The standard InChI is InChI=1S/C26H21OP/c27-28(24-12-6-2-7-13-24,25-14-8-3-9-15-25)26-20-18-23(19-21-26)17-16-22-10-4-1-5-11-22/h1-21H/b17-16+. The van der Waals surface area contributed by atoms with Gasteiger partial charge in [0.1, 0.15) is 0 Å². The molecule has 1 nitrogen and oxygen atoms in total. The minimum Gasteiger partial charge on any atom is -0.309 e. The molecule has 0 bridgehead atoms. The average Bonchev–Trinajstić information content (AvgIpc) is 2.79. The van der Waals surface area contributed by atoms with Crippen LogP contribution in [0.15, 0.2) is 115 Å². The zero-order chi connectivity index (χ0) is 19.2. The third-order valence-electron chi connectivity index (χ3n) is 4.76. The summed E-state index contributed by atoms with van der Waals surface area (Å²) in [6.45, 7) is 0. The van der Waals surface area contributed by atoms with E-state index in [4.69, 9.17) is 0 Å². The summed E-state index contributed by atoms with van der Waals surface area (Å²) in [5.41, 5.74) is 2.24. The summed E-state index contributed by atoms with van der Waals surface area (Å²) in [5, 5.41) is 2.56. The van der Waals surface area contributed by atoms with Crippen molar-refractivity contribution in [3.63, 3.8) is 0 Å². The van der Waals surface area contributed by atoms with Gasteiger partial charge in [-0.3, -0.25) is 0 Å². The Kier molecular flexibility index (Phi) is 5.37. The zero-order valence-corrected chi connectivity index (χ0v) is 16.4. The molecule has 0 aliphatic rings. The van der Waals surface area contributed by atoms with Crippen molar-refractivity contribution in [2.75, 3.05) is 0 Å². The normalized spacial score (nSPS) is 11.6. The van der Waals surface area contributed by atoms with Crippen LogP contribution in [0, 0.1) is 0 Å². The van der Waals surface area contributed by atoms with Gasteiger partial charge >= 0.3 is 0 Å². The Hall–Kier alpha value is -3.15. The monoisotopic (exact) mass is 380 g/mol. The second-order valence-corrected chi connectivity index (χ2v) is 9.38. The summed E-state index contributed by atoms with van der Waals surface area (Å²) >= 11 is 0. The Morgan fingerprint density at radius 1 is 0.429 bits per heavy atom. The van der Waals surface area contributed by atoms with Crippen molar-refractivity contribution < 1.29 is 4.57 Å². The molecule has 0 fully saturated rings. The van der Waals surface area contributed by atoms with Crippen LogP contribution >= 0.6 is 7.14 Å². The Morgan fingerprint density at radius 2 is 0.786 bits per heavy atom. The van der Waals surface area contributed by atoms with Gasteiger partial charge in [0, 0.05) is 15.9 Å². The van der Waals surface area contributed by atoms with Crippen LogP contribution in [0.5, 0.6) is 0 Å². The summed E-state index contributed by atoms with van der Waals surface area (Å²) in [5.74, 6) is 0. The molecule has 0 saturated carbocycles. The SMILES string of the molecule is O=P(c1ccccc1)(c1ccccc1)c1ccc(/C=C/c2ccccc2)cc1. The van der Waals surface area contributed by atoms with Crippen LogP contribution in [0.2, 0.25) is 0 Å². The number of benzene rings is 4. The minimum atomic E-state index is -2.90. The van der Waals surface area contributed by atoms with E-state index in [2.05, 4.69) is 24.3 Å². The van der Waals surface area contributed by atoms with Crippen LogP contribution in [0.1, 0.15) is 11.1 Å². The van der Waals surface area contributed by atoms with Gasteiger partial charge < -0.3 is 4.57 Å². The molecule has 0 radical (unpaired) electrons. The van der Waals surface area contributed by atoms with E-state index in [0.717, 1.165) is 27.0 Å². The van der Waals surface area contributed by atoms with Crippen LogP contribution in [-0.2, 0) is 4.57 Å². The van der Waals surface area contributed by atoms with Crippen molar-refractivity contribution in [3.05, 3.63) is 126 Å². The van der Waals surface area contributed by atoms with Gasteiger partial charge in [-0.25, -0.2) is 0 Å². The van der Waals surface area contributed by atoms with Crippen molar-refractivity contribution in [2.45, 2.75) is 0 Å². The average molecular weight is 380 g/mol. The quantitative estimate of drug-likeness (QED) is 0.330. The molecule has 0 N–H and O–H groups in total. The summed E-state index contributed by atoms with van der Waals surface area (Å²) in [6.07, 6.45) is 4.16. The van der Waals surface area contributed by atoms with Gasteiger partial charge in [-0.05, 0) is 11.1 Å². The fraction of sp³-hybridized carbons (Fsp3) is 0. The fourth-order valence-electron chi connectivity index (χ4n) is 3.28. The third kappa shape index (κ3) is 3.76. The van der Waals surface area contributed by atoms with Crippen LogP contribution in [0.25, 0.3) is 12.2 Å². The smallest absolute Gasteiger partial charge is 0.171 e. The van der Waals surface area contributed by atoms with Gasteiger partial charge in [-0.15, -0.1) is 0 Å². The molecule has 136 valence electrons. The first-order chi connectivity index (χ1) is 13.8. The molecule has 0 aliphatic carbocycles. The maximum Gasteiger partial charge on any atom is 0.171 e. The van der Waals surface area contributed by atoms with E-state index in [1.807, 2.05) is 103 Å². The Balaban J connectivity index is 1.72. The van der Waals surface area contributed by atoms with Crippen molar-refractivity contribution in [1.29, 1.82) is 0 Å². The molecule has 0 aromatic heterocycles. The lowest BCUT2D eigenvalue weighted by Crippen LogP contribution is -2.24. The van der Waals surface area contributed by atoms with Crippen molar-refractivity contribution in [1.82, 2.24) is 0 Å². The van der Waals surface area contributed by atoms with Gasteiger partial charge in [0.25, 0.3) is 0 Å². The molecule has 0 spiro atoms. The van der Waals surface area contributed by atoms with E-state index in [0.29, 0.717) is 0 Å². The minimum absolute atomic E-state index is 0.849. The molecular weight excluding hydrogens is 359 g/mol. The Morgan fingerprint density at radius 3 is 1.25 bits per heavy atom. The summed E-state index contributed by atoms with van der Waals surface area (Å²) in [4.78, 5) is 0. The van der Waals surface area contributed by atoms with E-state index in [1.54, 1.807) is 0 Å². The van der Waals surface area contributed by atoms with Crippen LogP contribution < -0.4 is 15.9 Å². The third-order valence-corrected chi connectivity index (χ3v) is 7.84. The lowest BCUT2D eigenvalue weighted by molar-refractivity contribution is 0.592. The summed E-state index contributed by atoms with van der Waals surface area (Å²) in [6, 6.07) is 37.8. The van der Waals surface area contributed by atoms with Crippen molar-refractivity contribution in [2.24, 2.45) is 0 Å². The van der Waals surface area contributed by atoms with E-state index >= 15 is 0 Å². The predicted molar refractivity (Wildman–Crippen MR) is 121 cm³/mol. The Labute approximate surface area is 166 Å². The first-order valence-electron chi connectivity index (χ1n) is 9.32. The summed E-state index contributed by atoms with van der Waals surface area (Å²) in [7, 11) is -2.90. The molecule has 0 heterocycles. The highest BCUT2D eigenvalue weighted by molar-refractivity contribution is 7.85. The van der Waals surface area contributed by atoms with Gasteiger partial charge in [0.2, 0.25) is 0 Å². The fourth-order valence-corrected chi connectivity index (χ4v) is 5.92. The second-order valence-electron chi connectivity index (χ2n) is 6.62. The lowest BCUT2D eigenvalue weighted by Gasteiger charge is -2.20. The molecule has 0 unspecified atom stereocenters. The van der Waals surface area contributed by atoms with Crippen LogP contribution in [0.3, 0.4) is 0 Å². The van der Waals surface area contributed by atoms with Gasteiger partial charge in [0.05, 0.1) is 0 Å². The van der Waals surface area contributed by atoms with Crippen LogP contribution in [-0.4, -0.2) is 0 Å². The maximum atomic E-state index is 14.3. The highest BCUT2D eigenvalue weighted by Gasteiger charge is 2.29. The topological polar surface area (TPSA) is 17.1 Å². The highest BCUT2D eigenvalue weighted by atomic mass is 31.2. The number of hydrogen-bond donors (Lipinski definition) is 0. The van der Waals surface area contributed by atoms with Gasteiger partial charge in [0.15, 0.2) is 7.14 Å². The first-order valence-corrected chi connectivity index (χ1v) is 11.0. The molecule has 0 amide bonds. The predicted octanol–water partition coefficient (Wildman–Crippen LogP) is 5.50. The molecule has 0 saturated heterocycles. The molecule has 2 heteroatoms. The van der Waals surface area contributed by atoms with E-state index in [1.165, 1.54) is 0 Å². The molecule has 0 atom stereocenters. The second kappa shape index (κ2) is 8.25. The molecular formula is C26H21OP. The van der Waals surface area contributed by atoms with Crippen molar-refractivity contribution >= 4 is 35.2 Å². The lowest BCUT2D eigenvalue weighted by atomic mass is 10.1. The van der Waals surface area contributed by atoms with Crippen molar-refractivity contribution in [3.8, 4) is 0 Å². The highest BCUT2D eigenvalue weighted by Crippen LogP contribution is 2.42. The largest absolute Gasteiger partial charge is 0.309 e. The van der Waals surface area contributed by atoms with Gasteiger partial charge in [-0.1, -0.05) is 127 Å².